The Bertz CT molecular complexity index is 483. The number of hydrogen-bond acceptors (Lipinski definition) is 3. The first-order chi connectivity index (χ1) is 9.60. The van der Waals surface area contributed by atoms with Gasteiger partial charge in [0.05, 0.1) is 5.56 Å². The number of rotatable bonds is 5. The fraction of sp³-hybridized carbons (Fsp3) is 0.571. The zero-order valence-corrected chi connectivity index (χ0v) is 12.4. The molecule has 1 aromatic heterocycles. The van der Waals surface area contributed by atoms with Gasteiger partial charge in [-0.15, -0.1) is 0 Å². The first kappa shape index (κ1) is 17.4. The Morgan fingerprint density at radius 2 is 1.95 bits per heavy atom. The van der Waals surface area contributed by atoms with E-state index < -0.39 is 17.6 Å². The molecule has 0 saturated heterocycles. The molecule has 7 heteroatoms. The van der Waals surface area contributed by atoms with Crippen molar-refractivity contribution in [2.24, 2.45) is 11.1 Å². The van der Waals surface area contributed by atoms with Crippen molar-refractivity contribution in [3.05, 3.63) is 29.6 Å². The van der Waals surface area contributed by atoms with Crippen molar-refractivity contribution in [3.63, 3.8) is 0 Å². The number of hydrogen-bond donors (Lipinski definition) is 1. The smallest absolute Gasteiger partial charge is 0.337 e. The number of amides is 1. The lowest BCUT2D eigenvalue weighted by Crippen LogP contribution is -2.42. The molecule has 0 aliphatic carbocycles. The highest BCUT2D eigenvalue weighted by Crippen LogP contribution is 2.28. The van der Waals surface area contributed by atoms with Gasteiger partial charge in [0.25, 0.3) is 5.91 Å². The summed E-state index contributed by atoms with van der Waals surface area (Å²) in [7, 11) is 0. The molecule has 0 aromatic carbocycles. The van der Waals surface area contributed by atoms with E-state index in [2.05, 4.69) is 4.98 Å². The lowest BCUT2D eigenvalue weighted by Gasteiger charge is -2.30. The van der Waals surface area contributed by atoms with E-state index in [-0.39, 0.29) is 11.1 Å². The summed E-state index contributed by atoms with van der Waals surface area (Å²) in [6.07, 6.45) is -3.78. The Kier molecular flexibility index (Phi) is 5.33. The van der Waals surface area contributed by atoms with Crippen LogP contribution in [0.4, 0.5) is 13.2 Å². The molecule has 0 aliphatic rings. The maximum absolute atomic E-state index is 12.5. The SMILES string of the molecule is CCN(CC(C)(C)CN)C(=O)c1ccc(C(F)(F)F)cn1. The van der Waals surface area contributed by atoms with Gasteiger partial charge in [-0.05, 0) is 31.0 Å². The zero-order chi connectivity index (χ0) is 16.3. The van der Waals surface area contributed by atoms with Gasteiger partial charge in [-0.3, -0.25) is 9.78 Å². The van der Waals surface area contributed by atoms with Gasteiger partial charge in [-0.1, -0.05) is 13.8 Å². The quantitative estimate of drug-likeness (QED) is 0.909. The number of halogens is 3. The second kappa shape index (κ2) is 6.43. The molecule has 2 N–H and O–H groups in total. The molecule has 0 radical (unpaired) electrons. The molecule has 4 nitrogen and oxygen atoms in total. The monoisotopic (exact) mass is 303 g/mol. The zero-order valence-electron chi connectivity index (χ0n) is 12.4. The third kappa shape index (κ3) is 4.70. The molecule has 1 rings (SSSR count). The highest BCUT2D eigenvalue weighted by atomic mass is 19.4. The molecular formula is C14H20F3N3O. The molecule has 0 fully saturated rings. The van der Waals surface area contributed by atoms with Gasteiger partial charge < -0.3 is 10.6 Å². The normalized spacial score (nSPS) is 12.3. The second-order valence-electron chi connectivity index (χ2n) is 5.62. The molecule has 0 atom stereocenters. The Morgan fingerprint density at radius 3 is 2.33 bits per heavy atom. The summed E-state index contributed by atoms with van der Waals surface area (Å²) < 4.78 is 37.4. The summed E-state index contributed by atoms with van der Waals surface area (Å²) in [5.74, 6) is -0.396. The molecule has 0 aliphatic heterocycles. The van der Waals surface area contributed by atoms with Crippen molar-refractivity contribution in [2.75, 3.05) is 19.6 Å². The van der Waals surface area contributed by atoms with E-state index in [9.17, 15) is 18.0 Å². The number of nitrogens with two attached hydrogens (primary N) is 1. The summed E-state index contributed by atoms with van der Waals surface area (Å²) in [6.45, 7) is 6.89. The van der Waals surface area contributed by atoms with Crippen LogP contribution in [0.3, 0.4) is 0 Å². The van der Waals surface area contributed by atoms with Gasteiger partial charge in [0.2, 0.25) is 0 Å². The lowest BCUT2D eigenvalue weighted by molar-refractivity contribution is -0.137. The van der Waals surface area contributed by atoms with Crippen LogP contribution in [0.1, 0.15) is 36.8 Å². The van der Waals surface area contributed by atoms with Crippen molar-refractivity contribution in [1.82, 2.24) is 9.88 Å². The number of nitrogens with zero attached hydrogens (tertiary/aromatic N) is 2. The van der Waals surface area contributed by atoms with Crippen LogP contribution in [0.25, 0.3) is 0 Å². The van der Waals surface area contributed by atoms with E-state index in [1.165, 1.54) is 4.90 Å². The van der Waals surface area contributed by atoms with Gasteiger partial charge in [-0.25, -0.2) is 0 Å². The largest absolute Gasteiger partial charge is 0.417 e. The Labute approximate surface area is 122 Å². The van der Waals surface area contributed by atoms with Crippen LogP contribution < -0.4 is 5.73 Å². The van der Waals surface area contributed by atoms with Gasteiger partial charge >= 0.3 is 6.18 Å². The van der Waals surface area contributed by atoms with Crippen molar-refractivity contribution < 1.29 is 18.0 Å². The Balaban J connectivity index is 2.91. The van der Waals surface area contributed by atoms with Crippen LogP contribution in [0.15, 0.2) is 18.3 Å². The van der Waals surface area contributed by atoms with Crippen molar-refractivity contribution in [3.8, 4) is 0 Å². The summed E-state index contributed by atoms with van der Waals surface area (Å²) >= 11 is 0. The van der Waals surface area contributed by atoms with Gasteiger partial charge in [0.1, 0.15) is 5.69 Å². The van der Waals surface area contributed by atoms with Gasteiger partial charge in [0, 0.05) is 19.3 Å². The van der Waals surface area contributed by atoms with E-state index >= 15 is 0 Å². The van der Waals surface area contributed by atoms with Crippen LogP contribution in [0.2, 0.25) is 0 Å². The van der Waals surface area contributed by atoms with Gasteiger partial charge in [0.15, 0.2) is 0 Å². The molecule has 0 spiro atoms. The van der Waals surface area contributed by atoms with Crippen LogP contribution >= 0.6 is 0 Å². The maximum Gasteiger partial charge on any atom is 0.417 e. The van der Waals surface area contributed by atoms with Crippen molar-refractivity contribution >= 4 is 5.91 Å². The second-order valence-corrected chi connectivity index (χ2v) is 5.62. The Hall–Kier alpha value is -1.63. The minimum atomic E-state index is -4.46. The maximum atomic E-state index is 12.5. The highest BCUT2D eigenvalue weighted by molar-refractivity contribution is 5.92. The first-order valence-electron chi connectivity index (χ1n) is 6.63. The van der Waals surface area contributed by atoms with Crippen LogP contribution in [-0.4, -0.2) is 35.4 Å². The van der Waals surface area contributed by atoms with Crippen molar-refractivity contribution in [1.29, 1.82) is 0 Å². The van der Waals surface area contributed by atoms with Crippen LogP contribution in [0, 0.1) is 5.41 Å². The van der Waals surface area contributed by atoms with Crippen molar-refractivity contribution in [2.45, 2.75) is 26.9 Å². The minimum Gasteiger partial charge on any atom is -0.337 e. The standard InChI is InChI=1S/C14H20F3N3O/c1-4-20(9-13(2,3)8-18)12(21)11-6-5-10(7-19-11)14(15,16)17/h5-7H,4,8-9,18H2,1-3H3. The lowest BCUT2D eigenvalue weighted by atomic mass is 9.93. The van der Waals surface area contributed by atoms with Crippen LogP contribution in [0.5, 0.6) is 0 Å². The van der Waals surface area contributed by atoms with E-state index in [0.29, 0.717) is 25.8 Å². The number of aromatic nitrogens is 1. The molecule has 0 saturated carbocycles. The van der Waals surface area contributed by atoms with E-state index in [0.717, 1.165) is 12.1 Å². The molecule has 0 bridgehead atoms. The average Bonchev–Trinajstić information content (AvgIpc) is 2.43. The first-order valence-corrected chi connectivity index (χ1v) is 6.63. The number of carbonyl (C=O) groups is 1. The number of alkyl halides is 3. The predicted octanol–water partition coefficient (Wildman–Crippen LogP) is 2.55. The molecule has 21 heavy (non-hydrogen) atoms. The summed E-state index contributed by atoms with van der Waals surface area (Å²) in [4.78, 5) is 17.4. The molecule has 118 valence electrons. The number of pyridine rings is 1. The minimum absolute atomic E-state index is 0.00216. The fourth-order valence-corrected chi connectivity index (χ4v) is 1.76. The third-order valence-corrected chi connectivity index (χ3v) is 3.15. The summed E-state index contributed by atoms with van der Waals surface area (Å²) in [5, 5.41) is 0. The van der Waals surface area contributed by atoms with E-state index in [4.69, 9.17) is 5.73 Å². The topological polar surface area (TPSA) is 59.2 Å². The fourth-order valence-electron chi connectivity index (χ4n) is 1.76. The summed E-state index contributed by atoms with van der Waals surface area (Å²) in [6, 6.07) is 1.96. The van der Waals surface area contributed by atoms with Gasteiger partial charge in [-0.2, -0.15) is 13.2 Å². The molecular weight excluding hydrogens is 283 g/mol. The number of carbonyl (C=O) groups excluding carboxylic acids is 1. The molecule has 1 heterocycles. The third-order valence-electron chi connectivity index (χ3n) is 3.15. The predicted molar refractivity (Wildman–Crippen MR) is 73.7 cm³/mol. The molecule has 0 unspecified atom stereocenters. The Morgan fingerprint density at radius 1 is 1.33 bits per heavy atom. The average molecular weight is 303 g/mol. The van der Waals surface area contributed by atoms with Crippen LogP contribution in [-0.2, 0) is 6.18 Å². The van der Waals surface area contributed by atoms with E-state index in [1.807, 2.05) is 13.8 Å². The summed E-state index contributed by atoms with van der Waals surface area (Å²) in [5.41, 5.74) is 4.50. The van der Waals surface area contributed by atoms with E-state index in [1.54, 1.807) is 6.92 Å². The molecule has 1 amide bonds. The highest BCUT2D eigenvalue weighted by Gasteiger charge is 2.31. The molecule has 1 aromatic rings.